The lowest BCUT2D eigenvalue weighted by Crippen LogP contribution is -2.58. The Morgan fingerprint density at radius 2 is 1.82 bits per heavy atom. The summed E-state index contributed by atoms with van der Waals surface area (Å²) >= 11 is 0. The van der Waals surface area contributed by atoms with Gasteiger partial charge in [-0.1, -0.05) is 0 Å². The Balaban J connectivity index is 2.15. The Bertz CT molecular complexity index is 356. The van der Waals surface area contributed by atoms with E-state index in [1.165, 1.54) is 12.5 Å². The highest BCUT2D eigenvalue weighted by atomic mass is 16.6. The van der Waals surface area contributed by atoms with Gasteiger partial charge >= 0.3 is 0 Å². The maximum atomic E-state index is 9.78. The van der Waals surface area contributed by atoms with Gasteiger partial charge in [-0.2, -0.15) is 0 Å². The summed E-state index contributed by atoms with van der Waals surface area (Å²) in [7, 11) is 0. The van der Waals surface area contributed by atoms with Crippen molar-refractivity contribution in [2.75, 3.05) is 0 Å². The van der Waals surface area contributed by atoms with Crippen LogP contribution in [0.5, 0.6) is 0 Å². The van der Waals surface area contributed by atoms with Crippen molar-refractivity contribution < 1.29 is 34.7 Å². The first-order valence-electron chi connectivity index (χ1n) is 4.97. The topological polar surface area (TPSA) is 136 Å². The minimum absolute atomic E-state index is 0.121. The summed E-state index contributed by atoms with van der Waals surface area (Å²) < 4.78 is 9.63. The van der Waals surface area contributed by atoms with E-state index in [-0.39, 0.29) is 5.89 Å². The SMILES string of the molecule is OC(c1ncco1)[C@H]1OC(O)[C@H](O)[C@@H](O)[C@@H]1O. The van der Waals surface area contributed by atoms with Gasteiger partial charge in [0.2, 0.25) is 5.89 Å². The van der Waals surface area contributed by atoms with Crippen molar-refractivity contribution >= 4 is 0 Å². The molecule has 0 spiro atoms. The van der Waals surface area contributed by atoms with Gasteiger partial charge in [-0.15, -0.1) is 0 Å². The monoisotopic (exact) mass is 247 g/mol. The van der Waals surface area contributed by atoms with Crippen LogP contribution in [0.3, 0.4) is 0 Å². The molecule has 8 heteroatoms. The van der Waals surface area contributed by atoms with Crippen LogP contribution in [0.25, 0.3) is 0 Å². The molecule has 8 nitrogen and oxygen atoms in total. The van der Waals surface area contributed by atoms with E-state index in [2.05, 4.69) is 4.98 Å². The van der Waals surface area contributed by atoms with E-state index in [0.717, 1.165) is 0 Å². The fraction of sp³-hybridized carbons (Fsp3) is 0.667. The van der Waals surface area contributed by atoms with Gasteiger partial charge in [-0.25, -0.2) is 4.98 Å². The maximum absolute atomic E-state index is 9.78. The minimum Gasteiger partial charge on any atom is -0.446 e. The number of oxazole rings is 1. The number of nitrogens with zero attached hydrogens (tertiary/aromatic N) is 1. The van der Waals surface area contributed by atoms with Crippen LogP contribution in [0.15, 0.2) is 16.9 Å². The van der Waals surface area contributed by atoms with E-state index in [1.807, 2.05) is 0 Å². The Labute approximate surface area is 95.7 Å². The van der Waals surface area contributed by atoms with E-state index >= 15 is 0 Å². The molecule has 1 aliphatic heterocycles. The third-order valence-electron chi connectivity index (χ3n) is 2.64. The second-order valence-electron chi connectivity index (χ2n) is 3.78. The van der Waals surface area contributed by atoms with Crippen molar-refractivity contribution in [2.24, 2.45) is 0 Å². The summed E-state index contributed by atoms with van der Waals surface area (Å²) in [6.45, 7) is 0. The molecule has 0 aliphatic carbocycles. The lowest BCUT2D eigenvalue weighted by molar-refractivity contribution is -0.299. The van der Waals surface area contributed by atoms with Gasteiger partial charge in [-0.05, 0) is 0 Å². The van der Waals surface area contributed by atoms with Gasteiger partial charge < -0.3 is 34.7 Å². The van der Waals surface area contributed by atoms with Crippen LogP contribution in [0.1, 0.15) is 12.0 Å². The fourth-order valence-corrected chi connectivity index (χ4v) is 1.67. The van der Waals surface area contributed by atoms with Gasteiger partial charge in [0.1, 0.15) is 30.7 Å². The molecule has 1 aromatic rings. The molecule has 0 radical (unpaired) electrons. The van der Waals surface area contributed by atoms with Gasteiger partial charge in [0, 0.05) is 0 Å². The molecule has 0 amide bonds. The van der Waals surface area contributed by atoms with E-state index in [0.29, 0.717) is 0 Å². The summed E-state index contributed by atoms with van der Waals surface area (Å²) in [5.74, 6) is -0.121. The maximum Gasteiger partial charge on any atom is 0.225 e. The molecule has 17 heavy (non-hydrogen) atoms. The first kappa shape index (κ1) is 12.4. The Morgan fingerprint density at radius 3 is 2.41 bits per heavy atom. The van der Waals surface area contributed by atoms with Crippen molar-refractivity contribution in [3.05, 3.63) is 18.4 Å². The number of ether oxygens (including phenoxy) is 1. The molecule has 96 valence electrons. The molecular formula is C9H13NO7. The predicted octanol–water partition coefficient (Wildman–Crippen LogP) is -2.49. The fourth-order valence-electron chi connectivity index (χ4n) is 1.67. The number of aliphatic hydroxyl groups is 5. The van der Waals surface area contributed by atoms with Crippen LogP contribution in [0.2, 0.25) is 0 Å². The second kappa shape index (κ2) is 4.69. The molecule has 1 aromatic heterocycles. The quantitative estimate of drug-likeness (QED) is 0.387. The van der Waals surface area contributed by atoms with E-state index in [9.17, 15) is 25.5 Å². The molecule has 6 atom stereocenters. The normalized spacial score (nSPS) is 40.2. The molecule has 0 aromatic carbocycles. The molecule has 1 aliphatic rings. The Hall–Kier alpha value is -1.03. The molecule has 1 saturated heterocycles. The molecule has 2 heterocycles. The first-order chi connectivity index (χ1) is 8.02. The van der Waals surface area contributed by atoms with Crippen LogP contribution in [0.4, 0.5) is 0 Å². The smallest absolute Gasteiger partial charge is 0.225 e. The molecular weight excluding hydrogens is 234 g/mol. The lowest BCUT2D eigenvalue weighted by atomic mass is 9.95. The average Bonchev–Trinajstić information content (AvgIpc) is 2.84. The zero-order valence-electron chi connectivity index (χ0n) is 8.62. The summed E-state index contributed by atoms with van der Waals surface area (Å²) in [4.78, 5) is 3.66. The number of rotatable bonds is 2. The molecule has 5 N–H and O–H groups in total. The number of hydrogen-bond donors (Lipinski definition) is 5. The third kappa shape index (κ3) is 2.18. The zero-order chi connectivity index (χ0) is 12.6. The summed E-state index contributed by atoms with van der Waals surface area (Å²) in [6, 6.07) is 0. The van der Waals surface area contributed by atoms with Crippen molar-refractivity contribution in [1.29, 1.82) is 0 Å². The molecule has 0 saturated carbocycles. The van der Waals surface area contributed by atoms with Crippen molar-refractivity contribution in [3.63, 3.8) is 0 Å². The highest BCUT2D eigenvalue weighted by Gasteiger charge is 2.47. The second-order valence-corrected chi connectivity index (χ2v) is 3.78. The van der Waals surface area contributed by atoms with Crippen LogP contribution >= 0.6 is 0 Å². The van der Waals surface area contributed by atoms with E-state index in [1.54, 1.807) is 0 Å². The number of aliphatic hydroxyl groups excluding tert-OH is 5. The molecule has 2 unspecified atom stereocenters. The number of aromatic nitrogens is 1. The van der Waals surface area contributed by atoms with Gasteiger partial charge in [0.15, 0.2) is 12.4 Å². The van der Waals surface area contributed by atoms with Gasteiger partial charge in [0.05, 0.1) is 6.20 Å². The van der Waals surface area contributed by atoms with E-state index < -0.39 is 36.8 Å². The van der Waals surface area contributed by atoms with Crippen LogP contribution in [-0.4, -0.2) is 61.2 Å². The van der Waals surface area contributed by atoms with Gasteiger partial charge in [0.25, 0.3) is 0 Å². The van der Waals surface area contributed by atoms with E-state index in [4.69, 9.17) is 9.15 Å². The highest BCUT2D eigenvalue weighted by Crippen LogP contribution is 2.28. The minimum atomic E-state index is -1.71. The highest BCUT2D eigenvalue weighted by molar-refractivity contribution is 4.98. The Morgan fingerprint density at radius 1 is 1.12 bits per heavy atom. The first-order valence-corrected chi connectivity index (χ1v) is 4.97. The van der Waals surface area contributed by atoms with Crippen molar-refractivity contribution in [3.8, 4) is 0 Å². The molecule has 2 rings (SSSR count). The summed E-state index contributed by atoms with van der Waals surface area (Å²) in [5, 5.41) is 47.4. The molecule has 1 fully saturated rings. The average molecular weight is 247 g/mol. The van der Waals surface area contributed by atoms with Crippen LogP contribution in [-0.2, 0) is 4.74 Å². The zero-order valence-corrected chi connectivity index (χ0v) is 8.62. The van der Waals surface area contributed by atoms with Crippen LogP contribution < -0.4 is 0 Å². The van der Waals surface area contributed by atoms with Crippen molar-refractivity contribution in [1.82, 2.24) is 4.98 Å². The summed E-state index contributed by atoms with van der Waals surface area (Å²) in [5.41, 5.74) is 0. The van der Waals surface area contributed by atoms with Gasteiger partial charge in [-0.3, -0.25) is 0 Å². The van der Waals surface area contributed by atoms with Crippen molar-refractivity contribution in [2.45, 2.75) is 36.8 Å². The van der Waals surface area contributed by atoms with Crippen LogP contribution in [0, 0.1) is 0 Å². The largest absolute Gasteiger partial charge is 0.446 e. The third-order valence-corrected chi connectivity index (χ3v) is 2.64. The Kier molecular flexibility index (Phi) is 3.43. The number of hydrogen-bond acceptors (Lipinski definition) is 8. The molecule has 0 bridgehead atoms. The predicted molar refractivity (Wildman–Crippen MR) is 50.4 cm³/mol. The standard InChI is InChI=1S/C9H13NO7/c11-3-4(12)7(17-9(15)5(3)13)6(14)8-10-1-2-16-8/h1-7,9,11-15H/t3-,4-,5+,6?,7-,9?/m0/s1. The summed E-state index contributed by atoms with van der Waals surface area (Å²) in [6.07, 6.45) is -6.85. The lowest BCUT2D eigenvalue weighted by Gasteiger charge is -2.39.